The third-order valence-corrected chi connectivity index (χ3v) is 5.23. The van der Waals surface area contributed by atoms with Crippen LogP contribution in [0.5, 0.6) is 0 Å². The molecular weight excluding hydrogens is 306 g/mol. The van der Waals surface area contributed by atoms with E-state index in [1.807, 2.05) is 24.3 Å². The Labute approximate surface area is 143 Å². The lowest BCUT2D eigenvalue weighted by atomic mass is 9.78. The molecule has 1 aromatic heterocycles. The highest BCUT2D eigenvalue weighted by molar-refractivity contribution is 6.30. The molecule has 1 aliphatic carbocycles. The molecule has 1 fully saturated rings. The lowest BCUT2D eigenvalue weighted by Gasteiger charge is -2.28. The summed E-state index contributed by atoms with van der Waals surface area (Å²) in [6.07, 6.45) is 8.44. The lowest BCUT2D eigenvalue weighted by molar-refractivity contribution is 0.163. The first-order valence-corrected chi connectivity index (χ1v) is 8.85. The van der Waals surface area contributed by atoms with Gasteiger partial charge in [0.25, 0.3) is 0 Å². The summed E-state index contributed by atoms with van der Waals surface area (Å²) < 4.78 is 5.20. The molecule has 0 saturated heterocycles. The van der Waals surface area contributed by atoms with E-state index in [4.69, 9.17) is 16.3 Å². The fourth-order valence-electron chi connectivity index (χ4n) is 3.51. The fourth-order valence-corrected chi connectivity index (χ4v) is 3.63. The van der Waals surface area contributed by atoms with E-state index < -0.39 is 0 Å². The Hall–Kier alpha value is -1.38. The molecule has 0 spiro atoms. The number of rotatable bonds is 5. The van der Waals surface area contributed by atoms with Gasteiger partial charge in [-0.1, -0.05) is 29.8 Å². The van der Waals surface area contributed by atoms with Crippen LogP contribution in [0, 0.1) is 5.92 Å². The van der Waals surface area contributed by atoms with Gasteiger partial charge in [-0.25, -0.2) is 0 Å². The van der Waals surface area contributed by atoms with Crippen molar-refractivity contribution in [3.05, 3.63) is 53.2 Å². The average Bonchev–Trinajstić information content (AvgIpc) is 2.61. The maximum atomic E-state index is 5.94. The van der Waals surface area contributed by atoms with E-state index in [1.54, 1.807) is 7.11 Å². The smallest absolute Gasteiger partial charge is 0.0702 e. The van der Waals surface area contributed by atoms with Crippen molar-refractivity contribution in [3.63, 3.8) is 0 Å². The Balaban J connectivity index is 1.61. The summed E-state index contributed by atoms with van der Waals surface area (Å²) in [7, 11) is 1.79. The Morgan fingerprint density at radius 3 is 2.39 bits per heavy atom. The largest absolute Gasteiger partial charge is 0.385 e. The van der Waals surface area contributed by atoms with E-state index >= 15 is 0 Å². The molecule has 0 bridgehead atoms. The number of ether oxygens (including phenoxy) is 1. The molecule has 1 aromatic carbocycles. The van der Waals surface area contributed by atoms with Crippen LogP contribution in [0.25, 0.3) is 11.3 Å². The van der Waals surface area contributed by atoms with Crippen molar-refractivity contribution < 1.29 is 4.74 Å². The van der Waals surface area contributed by atoms with E-state index in [0.29, 0.717) is 5.92 Å². The zero-order chi connectivity index (χ0) is 16.1. The molecule has 0 amide bonds. The van der Waals surface area contributed by atoms with Crippen LogP contribution in [0.3, 0.4) is 0 Å². The highest BCUT2D eigenvalue weighted by atomic mass is 35.5. The minimum atomic E-state index is 0.667. The average molecular weight is 330 g/mol. The molecular formula is C20H24ClNO. The second kappa shape index (κ2) is 7.94. The molecule has 3 rings (SSSR count). The van der Waals surface area contributed by atoms with Crippen LogP contribution < -0.4 is 0 Å². The Kier molecular flexibility index (Phi) is 5.69. The molecule has 0 unspecified atom stereocenters. The summed E-state index contributed by atoms with van der Waals surface area (Å²) in [6, 6.07) is 12.2. The molecule has 23 heavy (non-hydrogen) atoms. The Morgan fingerprint density at radius 1 is 1.04 bits per heavy atom. The molecule has 2 nitrogen and oxygen atoms in total. The zero-order valence-corrected chi connectivity index (χ0v) is 14.4. The second-order valence-electron chi connectivity index (χ2n) is 6.48. The van der Waals surface area contributed by atoms with Crippen LogP contribution in [0.4, 0.5) is 0 Å². The van der Waals surface area contributed by atoms with Crippen LogP contribution in [0.1, 0.15) is 43.6 Å². The summed E-state index contributed by atoms with van der Waals surface area (Å²) >= 11 is 5.94. The predicted molar refractivity (Wildman–Crippen MR) is 95.9 cm³/mol. The highest BCUT2D eigenvalue weighted by Crippen LogP contribution is 2.37. The molecule has 1 aliphatic rings. The normalized spacial score (nSPS) is 21.3. The van der Waals surface area contributed by atoms with Gasteiger partial charge in [0.1, 0.15) is 0 Å². The van der Waals surface area contributed by atoms with Gasteiger partial charge in [0, 0.05) is 30.5 Å². The first-order valence-electron chi connectivity index (χ1n) is 8.47. The third kappa shape index (κ3) is 4.33. The van der Waals surface area contributed by atoms with Crippen LogP contribution >= 0.6 is 11.6 Å². The number of pyridine rings is 1. The van der Waals surface area contributed by atoms with Gasteiger partial charge in [-0.2, -0.15) is 0 Å². The minimum Gasteiger partial charge on any atom is -0.385 e. The number of aromatic nitrogens is 1. The van der Waals surface area contributed by atoms with Crippen LogP contribution in [-0.4, -0.2) is 18.7 Å². The third-order valence-electron chi connectivity index (χ3n) is 4.97. The first kappa shape index (κ1) is 16.5. The number of halogens is 1. The van der Waals surface area contributed by atoms with Gasteiger partial charge in [0.2, 0.25) is 0 Å². The quantitative estimate of drug-likeness (QED) is 0.700. The zero-order valence-electron chi connectivity index (χ0n) is 13.7. The molecule has 1 saturated carbocycles. The van der Waals surface area contributed by atoms with E-state index in [2.05, 4.69) is 23.3 Å². The molecule has 122 valence electrons. The minimum absolute atomic E-state index is 0.667. The van der Waals surface area contributed by atoms with Gasteiger partial charge < -0.3 is 4.74 Å². The molecule has 0 N–H and O–H groups in total. The topological polar surface area (TPSA) is 22.1 Å². The summed E-state index contributed by atoms with van der Waals surface area (Å²) in [6.45, 7) is 0.896. The standard InChI is InChI=1S/C20H24ClNO/c1-23-13-12-15-2-4-16(5-3-15)18-8-11-20(22-14-18)17-6-9-19(21)10-7-17/h6-11,14-16H,2-5,12-13H2,1H3/t15-,16-. The highest BCUT2D eigenvalue weighted by Gasteiger charge is 2.22. The summed E-state index contributed by atoms with van der Waals surface area (Å²) in [5.41, 5.74) is 3.51. The first-order chi connectivity index (χ1) is 11.3. The lowest BCUT2D eigenvalue weighted by Crippen LogP contribution is -2.15. The monoisotopic (exact) mass is 329 g/mol. The van der Waals surface area contributed by atoms with Gasteiger partial charge in [0.15, 0.2) is 0 Å². The number of nitrogens with zero attached hydrogens (tertiary/aromatic N) is 1. The summed E-state index contributed by atoms with van der Waals surface area (Å²) in [4.78, 5) is 4.66. The maximum Gasteiger partial charge on any atom is 0.0702 e. The fraction of sp³-hybridized carbons (Fsp3) is 0.450. The van der Waals surface area contributed by atoms with Gasteiger partial charge in [-0.05, 0) is 67.7 Å². The van der Waals surface area contributed by atoms with E-state index in [-0.39, 0.29) is 0 Å². The van der Waals surface area contributed by atoms with Crippen molar-refractivity contribution >= 4 is 11.6 Å². The van der Waals surface area contributed by atoms with Gasteiger partial charge in [-0.15, -0.1) is 0 Å². The number of benzene rings is 1. The van der Waals surface area contributed by atoms with Crippen molar-refractivity contribution in [1.29, 1.82) is 0 Å². The van der Waals surface area contributed by atoms with E-state index in [1.165, 1.54) is 37.7 Å². The van der Waals surface area contributed by atoms with Crippen LogP contribution in [0.15, 0.2) is 42.6 Å². The molecule has 0 radical (unpaired) electrons. The molecule has 0 atom stereocenters. The number of hydrogen-bond acceptors (Lipinski definition) is 2. The molecule has 0 aliphatic heterocycles. The van der Waals surface area contributed by atoms with Crippen molar-refractivity contribution in [2.45, 2.75) is 38.0 Å². The van der Waals surface area contributed by atoms with Gasteiger partial charge in [0.05, 0.1) is 5.69 Å². The maximum absolute atomic E-state index is 5.94. The Bertz CT molecular complexity index is 601. The van der Waals surface area contributed by atoms with Crippen molar-refractivity contribution in [1.82, 2.24) is 4.98 Å². The Morgan fingerprint density at radius 2 is 1.78 bits per heavy atom. The molecule has 2 aromatic rings. The van der Waals surface area contributed by atoms with Crippen molar-refractivity contribution in [2.75, 3.05) is 13.7 Å². The van der Waals surface area contributed by atoms with Gasteiger partial charge in [-0.3, -0.25) is 4.98 Å². The van der Waals surface area contributed by atoms with Gasteiger partial charge >= 0.3 is 0 Å². The molecule has 1 heterocycles. The predicted octanol–water partition coefficient (Wildman–Crippen LogP) is 5.71. The second-order valence-corrected chi connectivity index (χ2v) is 6.92. The van der Waals surface area contributed by atoms with Crippen molar-refractivity contribution in [2.24, 2.45) is 5.92 Å². The van der Waals surface area contributed by atoms with E-state index in [0.717, 1.165) is 28.8 Å². The van der Waals surface area contributed by atoms with Crippen LogP contribution in [-0.2, 0) is 4.74 Å². The van der Waals surface area contributed by atoms with Crippen LogP contribution in [0.2, 0.25) is 5.02 Å². The molecule has 3 heteroatoms. The van der Waals surface area contributed by atoms with Crippen molar-refractivity contribution in [3.8, 4) is 11.3 Å². The number of hydrogen-bond donors (Lipinski definition) is 0. The summed E-state index contributed by atoms with van der Waals surface area (Å²) in [5, 5.41) is 0.760. The number of methoxy groups -OCH3 is 1. The van der Waals surface area contributed by atoms with E-state index in [9.17, 15) is 0 Å². The summed E-state index contributed by atoms with van der Waals surface area (Å²) in [5.74, 6) is 1.51. The SMILES string of the molecule is COCC[C@H]1CC[C@H](c2ccc(-c3ccc(Cl)cc3)nc2)CC1.